The molecule has 0 unspecified atom stereocenters. The highest BCUT2D eigenvalue weighted by Crippen LogP contribution is 2.47. The first kappa shape index (κ1) is 16.9. The first-order valence-electron chi connectivity index (χ1n) is 9.56. The second kappa shape index (κ2) is 6.44. The minimum Gasteiger partial charge on any atom is -0.496 e. The molecule has 0 aromatic heterocycles. The maximum Gasteiger partial charge on any atom is 0.259 e. The Hall–Kier alpha value is -3.21. The third-order valence-corrected chi connectivity index (χ3v) is 5.47. The number of anilines is 1. The van der Waals surface area contributed by atoms with Crippen LogP contribution in [-0.4, -0.2) is 18.8 Å². The van der Waals surface area contributed by atoms with E-state index in [4.69, 9.17) is 14.2 Å². The molecule has 1 amide bonds. The Bertz CT molecular complexity index is 1070. The molecule has 1 aliphatic carbocycles. The minimum absolute atomic E-state index is 0.225. The van der Waals surface area contributed by atoms with Crippen molar-refractivity contribution in [1.82, 2.24) is 0 Å². The van der Waals surface area contributed by atoms with E-state index in [1.165, 1.54) is 0 Å². The predicted molar refractivity (Wildman–Crippen MR) is 107 cm³/mol. The van der Waals surface area contributed by atoms with Crippen molar-refractivity contribution in [2.45, 2.75) is 31.5 Å². The van der Waals surface area contributed by atoms with Gasteiger partial charge in [0.25, 0.3) is 11.7 Å². The van der Waals surface area contributed by atoms with Gasteiger partial charge in [0, 0.05) is 24.6 Å². The van der Waals surface area contributed by atoms with Gasteiger partial charge in [0.2, 0.25) is 0 Å². The van der Waals surface area contributed by atoms with Crippen LogP contribution in [-0.2, 0) is 0 Å². The molecule has 1 spiro atoms. The van der Waals surface area contributed by atoms with Crippen molar-refractivity contribution in [2.75, 3.05) is 12.4 Å². The minimum atomic E-state index is -0.507. The van der Waals surface area contributed by atoms with Gasteiger partial charge in [-0.25, -0.2) is 0 Å². The Labute approximate surface area is 163 Å². The highest BCUT2D eigenvalue weighted by atomic mass is 16.7. The van der Waals surface area contributed by atoms with Crippen LogP contribution < -0.4 is 19.5 Å². The molecule has 0 bridgehead atoms. The van der Waals surface area contributed by atoms with Gasteiger partial charge in [-0.05, 0) is 47.9 Å². The Morgan fingerprint density at radius 1 is 0.964 bits per heavy atom. The zero-order valence-corrected chi connectivity index (χ0v) is 15.7. The largest absolute Gasteiger partial charge is 0.496 e. The van der Waals surface area contributed by atoms with Gasteiger partial charge in [0.1, 0.15) is 5.75 Å². The molecule has 28 heavy (non-hydrogen) atoms. The molecule has 5 nitrogen and oxygen atoms in total. The van der Waals surface area contributed by atoms with Crippen molar-refractivity contribution in [3.63, 3.8) is 0 Å². The highest BCUT2D eigenvalue weighted by molar-refractivity contribution is 6.08. The summed E-state index contributed by atoms with van der Waals surface area (Å²) in [7, 11) is 1.57. The fourth-order valence-corrected chi connectivity index (χ4v) is 4.05. The van der Waals surface area contributed by atoms with Crippen molar-refractivity contribution in [1.29, 1.82) is 0 Å². The van der Waals surface area contributed by atoms with E-state index in [-0.39, 0.29) is 5.91 Å². The summed E-state index contributed by atoms with van der Waals surface area (Å²) in [6, 6.07) is 17.1. The lowest BCUT2D eigenvalue weighted by Gasteiger charge is -2.21. The third-order valence-electron chi connectivity index (χ3n) is 5.47. The van der Waals surface area contributed by atoms with Crippen LogP contribution >= 0.6 is 0 Å². The molecule has 1 fully saturated rings. The van der Waals surface area contributed by atoms with Gasteiger partial charge >= 0.3 is 0 Å². The number of methoxy groups -OCH3 is 1. The van der Waals surface area contributed by atoms with Gasteiger partial charge in [-0.1, -0.05) is 24.3 Å². The van der Waals surface area contributed by atoms with Crippen LogP contribution in [0, 0.1) is 0 Å². The Morgan fingerprint density at radius 3 is 2.43 bits per heavy atom. The van der Waals surface area contributed by atoms with Gasteiger partial charge in [0.15, 0.2) is 11.5 Å². The number of hydrogen-bond acceptors (Lipinski definition) is 4. The van der Waals surface area contributed by atoms with E-state index in [0.29, 0.717) is 22.7 Å². The summed E-state index contributed by atoms with van der Waals surface area (Å²) in [5.74, 6) is 1.24. The number of fused-ring (bicyclic) bond motifs is 2. The molecular formula is C23H21NO4. The van der Waals surface area contributed by atoms with Crippen molar-refractivity contribution in [3.05, 3.63) is 60.2 Å². The maximum absolute atomic E-state index is 12.9. The zero-order chi connectivity index (χ0) is 19.1. The lowest BCUT2D eigenvalue weighted by molar-refractivity contribution is -0.0716. The summed E-state index contributed by atoms with van der Waals surface area (Å²) in [5, 5.41) is 4.97. The summed E-state index contributed by atoms with van der Waals surface area (Å²) in [5.41, 5.74) is 1.16. The highest BCUT2D eigenvalue weighted by Gasteiger charge is 2.44. The topological polar surface area (TPSA) is 56.8 Å². The first-order valence-corrected chi connectivity index (χ1v) is 9.56. The van der Waals surface area contributed by atoms with E-state index in [9.17, 15) is 4.79 Å². The van der Waals surface area contributed by atoms with Crippen LogP contribution in [0.15, 0.2) is 54.6 Å². The predicted octanol–water partition coefficient (Wildman–Crippen LogP) is 5.14. The second-order valence-corrected chi connectivity index (χ2v) is 7.34. The third kappa shape index (κ3) is 2.83. The number of amides is 1. The van der Waals surface area contributed by atoms with E-state index in [0.717, 1.165) is 42.2 Å². The summed E-state index contributed by atoms with van der Waals surface area (Å²) >= 11 is 0. The molecule has 1 N–H and O–H groups in total. The lowest BCUT2D eigenvalue weighted by Crippen LogP contribution is -2.34. The maximum atomic E-state index is 12.9. The second-order valence-electron chi connectivity index (χ2n) is 7.34. The van der Waals surface area contributed by atoms with Crippen LogP contribution in [0.3, 0.4) is 0 Å². The van der Waals surface area contributed by atoms with Gasteiger partial charge in [-0.15, -0.1) is 0 Å². The Kier molecular flexibility index (Phi) is 3.90. The number of rotatable bonds is 3. The molecule has 0 saturated heterocycles. The average Bonchev–Trinajstić information content (AvgIpc) is 3.32. The summed E-state index contributed by atoms with van der Waals surface area (Å²) in [6.45, 7) is 0. The van der Waals surface area contributed by atoms with E-state index in [1.54, 1.807) is 7.11 Å². The Morgan fingerprint density at radius 2 is 1.68 bits per heavy atom. The Balaban J connectivity index is 1.42. The molecule has 0 radical (unpaired) electrons. The molecule has 142 valence electrons. The van der Waals surface area contributed by atoms with Gasteiger partial charge in [0.05, 0.1) is 12.7 Å². The number of hydrogen-bond donors (Lipinski definition) is 1. The average molecular weight is 375 g/mol. The van der Waals surface area contributed by atoms with Gasteiger partial charge in [-0.2, -0.15) is 0 Å². The van der Waals surface area contributed by atoms with Crippen LogP contribution in [0.2, 0.25) is 0 Å². The number of carbonyl (C=O) groups is 1. The number of benzene rings is 3. The smallest absolute Gasteiger partial charge is 0.259 e. The summed E-state index contributed by atoms with van der Waals surface area (Å²) in [6.07, 6.45) is 4.02. The SMILES string of the molecule is COc1cc2ccccc2cc1C(=O)Nc1ccc2c(c1)OC1(CCCC1)O2. The molecule has 5 heteroatoms. The van der Waals surface area contributed by atoms with Gasteiger partial charge in [-0.3, -0.25) is 4.79 Å². The molecule has 3 aromatic carbocycles. The molecule has 3 aromatic rings. The number of nitrogens with one attached hydrogen (secondary N) is 1. The summed E-state index contributed by atoms with van der Waals surface area (Å²) < 4.78 is 17.6. The molecular weight excluding hydrogens is 354 g/mol. The molecule has 1 aliphatic heterocycles. The van der Waals surface area contributed by atoms with E-state index in [1.807, 2.05) is 54.6 Å². The van der Waals surface area contributed by atoms with E-state index in [2.05, 4.69) is 5.32 Å². The fourth-order valence-electron chi connectivity index (χ4n) is 4.05. The standard InChI is InChI=1S/C23H21NO4/c1-26-20-13-16-7-3-2-6-15(16)12-18(20)22(25)24-17-8-9-19-21(14-17)28-23(27-19)10-4-5-11-23/h2-3,6-9,12-14H,4-5,10-11H2,1H3,(H,24,25). The molecule has 2 aliphatic rings. The lowest BCUT2D eigenvalue weighted by atomic mass is 10.1. The van der Waals surface area contributed by atoms with Crippen LogP contribution in [0.5, 0.6) is 17.2 Å². The van der Waals surface area contributed by atoms with E-state index < -0.39 is 5.79 Å². The summed E-state index contributed by atoms with van der Waals surface area (Å²) in [4.78, 5) is 12.9. The number of ether oxygens (including phenoxy) is 3. The normalized spacial score (nSPS) is 16.5. The van der Waals surface area contributed by atoms with Crippen LogP contribution in [0.25, 0.3) is 10.8 Å². The van der Waals surface area contributed by atoms with Crippen molar-refractivity contribution in [3.8, 4) is 17.2 Å². The van der Waals surface area contributed by atoms with Crippen LogP contribution in [0.4, 0.5) is 5.69 Å². The van der Waals surface area contributed by atoms with Crippen molar-refractivity contribution < 1.29 is 19.0 Å². The molecule has 0 atom stereocenters. The molecule has 1 saturated carbocycles. The van der Waals surface area contributed by atoms with Gasteiger partial charge < -0.3 is 19.5 Å². The van der Waals surface area contributed by atoms with Crippen molar-refractivity contribution in [2.24, 2.45) is 0 Å². The first-order chi connectivity index (χ1) is 13.7. The zero-order valence-electron chi connectivity index (χ0n) is 15.7. The molecule has 5 rings (SSSR count). The fraction of sp³-hybridized carbons (Fsp3) is 0.261. The molecule has 1 heterocycles. The van der Waals surface area contributed by atoms with Crippen molar-refractivity contribution >= 4 is 22.4 Å². The van der Waals surface area contributed by atoms with E-state index >= 15 is 0 Å². The van der Waals surface area contributed by atoms with Crippen LogP contribution in [0.1, 0.15) is 36.0 Å². The monoisotopic (exact) mass is 375 g/mol. The number of carbonyl (C=O) groups excluding carboxylic acids is 1. The quantitative estimate of drug-likeness (QED) is 0.688.